The number of amides is 2. The molecule has 0 aliphatic rings. The summed E-state index contributed by atoms with van der Waals surface area (Å²) in [4.78, 5) is 27.4. The van der Waals surface area contributed by atoms with Crippen LogP contribution in [0.5, 0.6) is 0 Å². The third-order valence-corrected chi connectivity index (χ3v) is 6.28. The molecule has 1 N–H and O–H groups in total. The smallest absolute Gasteiger partial charge is 0.244 e. The van der Waals surface area contributed by atoms with Gasteiger partial charge in [0.1, 0.15) is 18.4 Å². The van der Waals surface area contributed by atoms with E-state index in [1.165, 1.54) is 23.1 Å². The maximum Gasteiger partial charge on any atom is 0.244 e. The van der Waals surface area contributed by atoms with E-state index in [9.17, 15) is 22.4 Å². The van der Waals surface area contributed by atoms with Gasteiger partial charge in [-0.1, -0.05) is 43.3 Å². The largest absolute Gasteiger partial charge is 0.352 e. The van der Waals surface area contributed by atoms with Crippen molar-refractivity contribution in [3.8, 4) is 0 Å². The molecule has 2 aromatic rings. The first kappa shape index (κ1) is 25.3. The van der Waals surface area contributed by atoms with Crippen molar-refractivity contribution in [3.63, 3.8) is 0 Å². The zero-order chi connectivity index (χ0) is 23.9. The molecule has 2 amide bonds. The molecule has 0 aliphatic heterocycles. The lowest BCUT2D eigenvalue weighted by atomic mass is 10.1. The van der Waals surface area contributed by atoms with Gasteiger partial charge in [-0.05, 0) is 44.0 Å². The molecule has 2 aromatic carbocycles. The van der Waals surface area contributed by atoms with Crippen molar-refractivity contribution in [3.05, 3.63) is 66.0 Å². The number of hydrogen-bond donors (Lipinski definition) is 1. The van der Waals surface area contributed by atoms with Gasteiger partial charge in [-0.3, -0.25) is 13.9 Å². The highest BCUT2D eigenvalue weighted by atomic mass is 32.2. The van der Waals surface area contributed by atoms with Gasteiger partial charge >= 0.3 is 0 Å². The first-order valence-electron chi connectivity index (χ1n) is 10.4. The normalized spacial score (nSPS) is 13.2. The number of anilines is 1. The third kappa shape index (κ3) is 7.05. The average Bonchev–Trinajstić information content (AvgIpc) is 2.74. The molecule has 0 aromatic heterocycles. The number of carbonyl (C=O) groups excluding carboxylic acids is 2. The third-order valence-electron chi connectivity index (χ3n) is 5.14. The molecule has 0 spiro atoms. The molecule has 174 valence electrons. The van der Waals surface area contributed by atoms with Crippen molar-refractivity contribution < 1.29 is 22.4 Å². The Balaban J connectivity index is 2.35. The summed E-state index contributed by atoms with van der Waals surface area (Å²) in [6, 6.07) is 13.2. The Morgan fingerprint density at radius 2 is 1.72 bits per heavy atom. The minimum atomic E-state index is -3.89. The summed E-state index contributed by atoms with van der Waals surface area (Å²) in [7, 11) is -3.89. The summed E-state index contributed by atoms with van der Waals surface area (Å²) >= 11 is 0. The van der Waals surface area contributed by atoms with Gasteiger partial charge in [0.2, 0.25) is 21.8 Å². The van der Waals surface area contributed by atoms with Crippen LogP contribution in [-0.4, -0.2) is 50.0 Å². The van der Waals surface area contributed by atoms with E-state index in [1.54, 1.807) is 6.92 Å². The Kier molecular flexibility index (Phi) is 8.77. The number of rotatable bonds is 10. The molecule has 0 radical (unpaired) electrons. The SMILES string of the molecule is CC[C@@H](C)NC(=O)[C@H](C)N(Cc1ccccc1)C(=O)CN(c1cccc(F)c1)S(C)(=O)=O. The first-order chi connectivity index (χ1) is 15.0. The molecule has 0 fully saturated rings. The zero-order valence-electron chi connectivity index (χ0n) is 18.8. The van der Waals surface area contributed by atoms with E-state index in [-0.39, 0.29) is 24.2 Å². The number of nitrogens with zero attached hydrogens (tertiary/aromatic N) is 2. The lowest BCUT2D eigenvalue weighted by Gasteiger charge is -2.32. The fourth-order valence-corrected chi connectivity index (χ4v) is 3.91. The van der Waals surface area contributed by atoms with Gasteiger partial charge in [0.15, 0.2) is 0 Å². The van der Waals surface area contributed by atoms with Crippen molar-refractivity contribution in [2.45, 2.75) is 45.8 Å². The van der Waals surface area contributed by atoms with Gasteiger partial charge in [-0.2, -0.15) is 0 Å². The van der Waals surface area contributed by atoms with Gasteiger partial charge in [-0.15, -0.1) is 0 Å². The highest BCUT2D eigenvalue weighted by Crippen LogP contribution is 2.20. The quantitative estimate of drug-likeness (QED) is 0.587. The van der Waals surface area contributed by atoms with Gasteiger partial charge in [-0.25, -0.2) is 12.8 Å². The molecule has 32 heavy (non-hydrogen) atoms. The Labute approximate surface area is 189 Å². The monoisotopic (exact) mass is 463 g/mol. The Hall–Kier alpha value is -2.94. The molecule has 7 nitrogen and oxygen atoms in total. The van der Waals surface area contributed by atoms with E-state index in [0.717, 1.165) is 28.6 Å². The minimum Gasteiger partial charge on any atom is -0.352 e. The van der Waals surface area contributed by atoms with Crippen molar-refractivity contribution in [2.75, 3.05) is 17.1 Å². The van der Waals surface area contributed by atoms with Crippen LogP contribution in [0.15, 0.2) is 54.6 Å². The van der Waals surface area contributed by atoms with Crippen LogP contribution in [0.4, 0.5) is 10.1 Å². The van der Waals surface area contributed by atoms with Crippen LogP contribution in [0.1, 0.15) is 32.8 Å². The van der Waals surface area contributed by atoms with Crippen molar-refractivity contribution >= 4 is 27.5 Å². The van der Waals surface area contributed by atoms with Crippen molar-refractivity contribution in [1.82, 2.24) is 10.2 Å². The minimum absolute atomic E-state index is 0.0391. The number of sulfonamides is 1. The second-order valence-corrected chi connectivity index (χ2v) is 9.66. The van der Waals surface area contributed by atoms with Crippen LogP contribution in [0.2, 0.25) is 0 Å². The van der Waals surface area contributed by atoms with Gasteiger partial charge in [0.05, 0.1) is 11.9 Å². The van der Waals surface area contributed by atoms with Crippen LogP contribution in [0.25, 0.3) is 0 Å². The van der Waals surface area contributed by atoms with E-state index in [0.29, 0.717) is 0 Å². The van der Waals surface area contributed by atoms with Crippen molar-refractivity contribution in [1.29, 1.82) is 0 Å². The summed E-state index contributed by atoms with van der Waals surface area (Å²) in [6.07, 6.45) is 1.68. The molecule has 0 bridgehead atoms. The van der Waals surface area contributed by atoms with Crippen LogP contribution >= 0.6 is 0 Å². The first-order valence-corrected chi connectivity index (χ1v) is 12.2. The van der Waals surface area contributed by atoms with Crippen LogP contribution < -0.4 is 9.62 Å². The maximum atomic E-state index is 13.7. The Morgan fingerprint density at radius 1 is 1.06 bits per heavy atom. The standard InChI is InChI=1S/C23H30FN3O4S/c1-5-17(2)25-23(29)18(3)26(15-19-10-7-6-8-11-19)22(28)16-27(32(4,30)31)21-13-9-12-20(24)14-21/h6-14,17-18H,5,15-16H2,1-4H3,(H,25,29)/t17-,18+/m1/s1. The lowest BCUT2D eigenvalue weighted by molar-refractivity contribution is -0.139. The molecular formula is C23H30FN3O4S. The average molecular weight is 464 g/mol. The second kappa shape index (κ2) is 11.1. The van der Waals surface area contributed by atoms with E-state index >= 15 is 0 Å². The molecule has 0 saturated carbocycles. The molecule has 0 unspecified atom stereocenters. The van der Waals surface area contributed by atoms with E-state index < -0.39 is 34.3 Å². The van der Waals surface area contributed by atoms with Crippen LogP contribution in [0.3, 0.4) is 0 Å². The van der Waals surface area contributed by atoms with Crippen LogP contribution in [-0.2, 0) is 26.2 Å². The number of carbonyl (C=O) groups is 2. The number of benzene rings is 2. The van der Waals surface area contributed by atoms with Gasteiger partial charge < -0.3 is 10.2 Å². The summed E-state index contributed by atoms with van der Waals surface area (Å²) in [5, 5.41) is 2.86. The molecular weight excluding hydrogens is 433 g/mol. The van der Waals surface area contributed by atoms with Gasteiger partial charge in [0, 0.05) is 12.6 Å². The molecule has 2 rings (SSSR count). The number of nitrogens with one attached hydrogen (secondary N) is 1. The maximum absolute atomic E-state index is 13.7. The van der Waals surface area contributed by atoms with E-state index in [1.807, 2.05) is 44.2 Å². The predicted molar refractivity (Wildman–Crippen MR) is 123 cm³/mol. The second-order valence-electron chi connectivity index (χ2n) is 7.75. The molecule has 0 aliphatic carbocycles. The Morgan fingerprint density at radius 3 is 2.28 bits per heavy atom. The molecule has 9 heteroatoms. The summed E-state index contributed by atoms with van der Waals surface area (Å²) in [5.41, 5.74) is 0.831. The van der Waals surface area contributed by atoms with E-state index in [4.69, 9.17) is 0 Å². The van der Waals surface area contributed by atoms with E-state index in [2.05, 4.69) is 5.32 Å². The van der Waals surface area contributed by atoms with Crippen molar-refractivity contribution in [2.24, 2.45) is 0 Å². The zero-order valence-corrected chi connectivity index (χ0v) is 19.6. The summed E-state index contributed by atoms with van der Waals surface area (Å²) in [6.45, 7) is 4.96. The summed E-state index contributed by atoms with van der Waals surface area (Å²) < 4.78 is 39.4. The lowest BCUT2D eigenvalue weighted by Crippen LogP contribution is -2.52. The number of halogens is 1. The van der Waals surface area contributed by atoms with Crippen LogP contribution in [0, 0.1) is 5.82 Å². The van der Waals surface area contributed by atoms with Gasteiger partial charge in [0.25, 0.3) is 0 Å². The Bertz CT molecular complexity index is 1030. The predicted octanol–water partition coefficient (Wildman–Crippen LogP) is 2.92. The highest BCUT2D eigenvalue weighted by molar-refractivity contribution is 7.92. The number of hydrogen-bond acceptors (Lipinski definition) is 4. The molecule has 2 atom stereocenters. The fraction of sp³-hybridized carbons (Fsp3) is 0.391. The fourth-order valence-electron chi connectivity index (χ4n) is 3.07. The topological polar surface area (TPSA) is 86.8 Å². The summed E-state index contributed by atoms with van der Waals surface area (Å²) in [5.74, 6) is -1.53. The molecule has 0 saturated heterocycles. The highest BCUT2D eigenvalue weighted by Gasteiger charge is 2.30. The molecule has 0 heterocycles.